The quantitative estimate of drug-likeness (QED) is 0.795. The van der Waals surface area contributed by atoms with E-state index in [1.54, 1.807) is 25.4 Å². The average molecular weight is 398 g/mol. The summed E-state index contributed by atoms with van der Waals surface area (Å²) in [6.07, 6.45) is 3.15. The molecule has 1 aliphatic heterocycles. The largest absolute Gasteiger partial charge is 0.482 e. The molecule has 1 saturated heterocycles. The lowest BCUT2D eigenvalue weighted by atomic mass is 10.0. The minimum absolute atomic E-state index is 0.00431. The Morgan fingerprint density at radius 1 is 1.14 bits per heavy atom. The van der Waals surface area contributed by atoms with Crippen molar-refractivity contribution >= 4 is 11.9 Å². The van der Waals surface area contributed by atoms with Crippen molar-refractivity contribution in [3.05, 3.63) is 53.6 Å². The summed E-state index contributed by atoms with van der Waals surface area (Å²) in [5.41, 5.74) is 1.43. The second kappa shape index (κ2) is 9.00. The summed E-state index contributed by atoms with van der Waals surface area (Å²) < 4.78 is 5.42. The molecule has 154 valence electrons. The first-order chi connectivity index (χ1) is 13.9. The van der Waals surface area contributed by atoms with Crippen molar-refractivity contribution in [1.29, 1.82) is 0 Å². The van der Waals surface area contributed by atoms with E-state index in [9.17, 15) is 9.59 Å². The SMILES string of the molecule is Cc1ncc(C(=O)N2CCN(Cc3ccccc3OCC(=O)O)[C@H](C)[C@H]2C)cn1. The van der Waals surface area contributed by atoms with Crippen LogP contribution in [0.5, 0.6) is 5.75 Å². The van der Waals surface area contributed by atoms with Gasteiger partial charge in [-0.3, -0.25) is 9.69 Å². The molecule has 8 heteroatoms. The first kappa shape index (κ1) is 20.7. The molecule has 8 nitrogen and oxygen atoms in total. The number of aliphatic carboxylic acids is 1. The van der Waals surface area contributed by atoms with Crippen LogP contribution in [0.4, 0.5) is 0 Å². The number of benzene rings is 1. The molecule has 0 saturated carbocycles. The van der Waals surface area contributed by atoms with Gasteiger partial charge in [-0.15, -0.1) is 0 Å². The van der Waals surface area contributed by atoms with Crippen molar-refractivity contribution in [3.8, 4) is 5.75 Å². The minimum atomic E-state index is -1.01. The molecule has 29 heavy (non-hydrogen) atoms. The van der Waals surface area contributed by atoms with E-state index >= 15 is 0 Å². The lowest BCUT2D eigenvalue weighted by Crippen LogP contribution is -2.58. The molecule has 1 aromatic carbocycles. The third-order valence-corrected chi connectivity index (χ3v) is 5.38. The fourth-order valence-corrected chi connectivity index (χ4v) is 3.52. The van der Waals surface area contributed by atoms with Crippen molar-refractivity contribution < 1.29 is 19.4 Å². The van der Waals surface area contributed by atoms with Gasteiger partial charge in [-0.2, -0.15) is 0 Å². The maximum absolute atomic E-state index is 12.9. The molecule has 0 spiro atoms. The van der Waals surface area contributed by atoms with Crippen LogP contribution in [0.15, 0.2) is 36.7 Å². The molecular weight excluding hydrogens is 372 g/mol. The number of rotatable bonds is 6. The smallest absolute Gasteiger partial charge is 0.341 e. The summed E-state index contributed by atoms with van der Waals surface area (Å²) >= 11 is 0. The molecule has 2 heterocycles. The van der Waals surface area contributed by atoms with E-state index in [1.165, 1.54) is 0 Å². The number of nitrogens with zero attached hydrogens (tertiary/aromatic N) is 4. The number of ether oxygens (including phenoxy) is 1. The fourth-order valence-electron chi connectivity index (χ4n) is 3.52. The Hall–Kier alpha value is -3.00. The van der Waals surface area contributed by atoms with Gasteiger partial charge in [0.2, 0.25) is 0 Å². The van der Waals surface area contributed by atoms with Crippen molar-refractivity contribution in [2.24, 2.45) is 0 Å². The normalized spacial score (nSPS) is 19.8. The lowest BCUT2D eigenvalue weighted by Gasteiger charge is -2.45. The highest BCUT2D eigenvalue weighted by Crippen LogP contribution is 2.25. The highest BCUT2D eigenvalue weighted by molar-refractivity contribution is 5.94. The number of carbonyl (C=O) groups is 2. The molecule has 1 fully saturated rings. The predicted molar refractivity (Wildman–Crippen MR) is 107 cm³/mol. The molecule has 0 radical (unpaired) electrons. The van der Waals surface area contributed by atoms with E-state index in [2.05, 4.69) is 21.8 Å². The second-order valence-corrected chi connectivity index (χ2v) is 7.26. The number of piperazine rings is 1. The van der Waals surface area contributed by atoms with Crippen LogP contribution in [-0.4, -0.2) is 68.5 Å². The maximum Gasteiger partial charge on any atom is 0.341 e. The van der Waals surface area contributed by atoms with Crippen molar-refractivity contribution in [2.45, 2.75) is 39.4 Å². The Labute approximate surface area is 170 Å². The number of aryl methyl sites for hydroxylation is 1. The first-order valence-corrected chi connectivity index (χ1v) is 9.63. The minimum Gasteiger partial charge on any atom is -0.482 e. The second-order valence-electron chi connectivity index (χ2n) is 7.26. The van der Waals surface area contributed by atoms with Crippen LogP contribution >= 0.6 is 0 Å². The van der Waals surface area contributed by atoms with Crippen LogP contribution in [-0.2, 0) is 11.3 Å². The summed E-state index contributed by atoms with van der Waals surface area (Å²) in [5.74, 6) is 0.143. The number of hydrogen-bond donors (Lipinski definition) is 1. The predicted octanol–water partition coefficient (Wildman–Crippen LogP) is 1.98. The highest BCUT2D eigenvalue weighted by Gasteiger charge is 2.34. The highest BCUT2D eigenvalue weighted by atomic mass is 16.5. The van der Waals surface area contributed by atoms with Gasteiger partial charge in [-0.25, -0.2) is 14.8 Å². The van der Waals surface area contributed by atoms with Crippen LogP contribution < -0.4 is 4.74 Å². The van der Waals surface area contributed by atoms with E-state index in [1.807, 2.05) is 30.0 Å². The first-order valence-electron chi connectivity index (χ1n) is 9.63. The number of amides is 1. The van der Waals surface area contributed by atoms with E-state index < -0.39 is 5.97 Å². The van der Waals surface area contributed by atoms with Gasteiger partial charge >= 0.3 is 5.97 Å². The summed E-state index contributed by atoms with van der Waals surface area (Å²) in [6, 6.07) is 7.58. The summed E-state index contributed by atoms with van der Waals surface area (Å²) in [5, 5.41) is 8.87. The number of carboxylic acids is 1. The van der Waals surface area contributed by atoms with Gasteiger partial charge in [-0.05, 0) is 26.8 Å². The van der Waals surface area contributed by atoms with Crippen LogP contribution in [0.1, 0.15) is 35.6 Å². The van der Waals surface area contributed by atoms with Crippen molar-refractivity contribution in [2.75, 3.05) is 19.7 Å². The molecule has 2 atom stereocenters. The van der Waals surface area contributed by atoms with E-state index in [0.717, 1.165) is 5.56 Å². The van der Waals surface area contributed by atoms with E-state index in [4.69, 9.17) is 9.84 Å². The van der Waals surface area contributed by atoms with Crippen LogP contribution in [0, 0.1) is 6.92 Å². The molecule has 1 aromatic heterocycles. The zero-order valence-corrected chi connectivity index (χ0v) is 16.9. The molecule has 3 rings (SSSR count). The Balaban J connectivity index is 1.68. The van der Waals surface area contributed by atoms with Gasteiger partial charge in [0.25, 0.3) is 5.91 Å². The molecule has 0 aliphatic carbocycles. The molecule has 1 N–H and O–H groups in total. The monoisotopic (exact) mass is 398 g/mol. The Kier molecular flexibility index (Phi) is 6.43. The van der Waals surface area contributed by atoms with Gasteiger partial charge in [0.05, 0.1) is 5.56 Å². The third-order valence-electron chi connectivity index (χ3n) is 5.38. The van der Waals surface area contributed by atoms with E-state index in [0.29, 0.717) is 36.8 Å². The van der Waals surface area contributed by atoms with Crippen molar-refractivity contribution in [1.82, 2.24) is 19.8 Å². The number of aromatic nitrogens is 2. The van der Waals surface area contributed by atoms with Crippen LogP contribution in [0.3, 0.4) is 0 Å². The summed E-state index contributed by atoms with van der Waals surface area (Å²) in [7, 11) is 0. The standard InChI is InChI=1S/C21H26N4O4/c1-14-15(2)25(21(28)18-10-22-16(3)23-11-18)9-8-24(14)12-17-6-4-5-7-19(17)29-13-20(26)27/h4-7,10-11,14-15H,8-9,12-13H2,1-3H3,(H,26,27)/t14-,15-/m1/s1. The number of hydrogen-bond acceptors (Lipinski definition) is 6. The van der Waals surface area contributed by atoms with Gasteiger partial charge in [0.1, 0.15) is 11.6 Å². The zero-order chi connectivity index (χ0) is 21.0. The van der Waals surface area contributed by atoms with E-state index in [-0.39, 0.29) is 24.6 Å². The Morgan fingerprint density at radius 2 is 1.83 bits per heavy atom. The topological polar surface area (TPSA) is 95.9 Å². The van der Waals surface area contributed by atoms with Gasteiger partial charge in [0, 0.05) is 49.7 Å². The Morgan fingerprint density at radius 3 is 2.52 bits per heavy atom. The van der Waals surface area contributed by atoms with Crippen LogP contribution in [0.25, 0.3) is 0 Å². The molecule has 1 aliphatic rings. The number of carboxylic acid groups (broad SMARTS) is 1. The molecular formula is C21H26N4O4. The number of carbonyl (C=O) groups excluding carboxylic acids is 1. The zero-order valence-electron chi connectivity index (χ0n) is 16.9. The number of para-hydroxylation sites is 1. The molecule has 0 unspecified atom stereocenters. The molecule has 2 aromatic rings. The molecule has 1 amide bonds. The van der Waals surface area contributed by atoms with Gasteiger partial charge in [0.15, 0.2) is 6.61 Å². The van der Waals surface area contributed by atoms with Gasteiger partial charge in [-0.1, -0.05) is 18.2 Å². The van der Waals surface area contributed by atoms with Crippen LogP contribution in [0.2, 0.25) is 0 Å². The maximum atomic E-state index is 12.9. The molecule has 0 bridgehead atoms. The van der Waals surface area contributed by atoms with Crippen molar-refractivity contribution in [3.63, 3.8) is 0 Å². The fraction of sp³-hybridized carbons (Fsp3) is 0.429. The summed E-state index contributed by atoms with van der Waals surface area (Å²) in [6.45, 7) is 7.47. The van der Waals surface area contributed by atoms with Gasteiger partial charge < -0.3 is 14.7 Å². The summed E-state index contributed by atoms with van der Waals surface area (Å²) in [4.78, 5) is 36.1. The Bertz CT molecular complexity index is 871. The third kappa shape index (κ3) is 4.89. The lowest BCUT2D eigenvalue weighted by molar-refractivity contribution is -0.139. The average Bonchev–Trinajstić information content (AvgIpc) is 2.71.